The van der Waals surface area contributed by atoms with E-state index in [0.717, 1.165) is 6.42 Å². The summed E-state index contributed by atoms with van der Waals surface area (Å²) in [6.07, 6.45) is 3.57. The molecule has 0 saturated heterocycles. The lowest BCUT2D eigenvalue weighted by Crippen LogP contribution is -1.98. The van der Waals surface area contributed by atoms with Crippen LogP contribution >= 0.6 is 0 Å². The van der Waals surface area contributed by atoms with Gasteiger partial charge in [-0.25, -0.2) is 0 Å². The molecule has 0 heterocycles. The van der Waals surface area contributed by atoms with Crippen LogP contribution in [0.5, 0.6) is 0 Å². The summed E-state index contributed by atoms with van der Waals surface area (Å²) in [5, 5.41) is 0. The van der Waals surface area contributed by atoms with Gasteiger partial charge >= 0.3 is 0 Å². The van der Waals surface area contributed by atoms with Crippen molar-refractivity contribution >= 4 is 6.08 Å². The molecule has 1 aliphatic carbocycles. The molecule has 132 valence electrons. The van der Waals surface area contributed by atoms with E-state index in [9.17, 15) is 0 Å². The maximum absolute atomic E-state index is 2.46. The summed E-state index contributed by atoms with van der Waals surface area (Å²) in [4.78, 5) is 0. The lowest BCUT2D eigenvalue weighted by Gasteiger charge is -2.18. The molecule has 3 rings (SSSR count). The Morgan fingerprint density at radius 1 is 0.760 bits per heavy atom. The van der Waals surface area contributed by atoms with Gasteiger partial charge in [-0.2, -0.15) is 0 Å². The van der Waals surface area contributed by atoms with Crippen molar-refractivity contribution in [1.29, 1.82) is 0 Å². The molecule has 0 amide bonds. The Bertz CT molecular complexity index is 790. The van der Waals surface area contributed by atoms with E-state index in [1.165, 1.54) is 38.9 Å². The van der Waals surface area contributed by atoms with Gasteiger partial charge in [-0.05, 0) is 70.0 Å². The largest absolute Gasteiger partial charge is 0.0626 e. The van der Waals surface area contributed by atoms with E-state index in [0.29, 0.717) is 17.8 Å². The van der Waals surface area contributed by atoms with Gasteiger partial charge in [0.1, 0.15) is 0 Å². The van der Waals surface area contributed by atoms with Crippen LogP contribution in [-0.2, 0) is 6.42 Å². The highest BCUT2D eigenvalue weighted by Crippen LogP contribution is 2.40. The number of aryl methyl sites for hydroxylation is 1. The third-order valence-electron chi connectivity index (χ3n) is 5.61. The summed E-state index contributed by atoms with van der Waals surface area (Å²) in [6, 6.07) is 11.9. The van der Waals surface area contributed by atoms with Gasteiger partial charge < -0.3 is 0 Å². The summed E-state index contributed by atoms with van der Waals surface area (Å²) in [5.41, 5.74) is 11.6. The molecule has 2 aromatic rings. The standard InChI is InChI=1S/C25H32/c1-15(2)20-11-21(16(3)4)13-23(12-20)25-18(7)8-9-19-10-22(17(5)6)14-24(19)25/h8-9,11-17H,10H2,1-7H3. The molecule has 0 heteroatoms. The minimum Gasteiger partial charge on any atom is -0.0626 e. The summed E-state index contributed by atoms with van der Waals surface area (Å²) in [7, 11) is 0. The normalized spacial score (nSPS) is 13.8. The first-order chi connectivity index (χ1) is 11.8. The van der Waals surface area contributed by atoms with Crippen LogP contribution in [-0.4, -0.2) is 0 Å². The van der Waals surface area contributed by atoms with Crippen LogP contribution in [0.4, 0.5) is 0 Å². The first-order valence-corrected chi connectivity index (χ1v) is 9.76. The number of rotatable bonds is 4. The number of hydrogen-bond acceptors (Lipinski definition) is 0. The van der Waals surface area contributed by atoms with E-state index in [2.05, 4.69) is 84.9 Å². The average Bonchev–Trinajstić information content (AvgIpc) is 2.98. The molecular weight excluding hydrogens is 300 g/mol. The molecular formula is C25H32. The number of allylic oxidation sites excluding steroid dienone is 1. The summed E-state index contributed by atoms with van der Waals surface area (Å²) < 4.78 is 0. The molecule has 25 heavy (non-hydrogen) atoms. The predicted octanol–water partition coefficient (Wildman–Crippen LogP) is 7.50. The molecule has 0 unspecified atom stereocenters. The van der Waals surface area contributed by atoms with Gasteiger partial charge in [-0.3, -0.25) is 0 Å². The van der Waals surface area contributed by atoms with E-state index in [-0.39, 0.29) is 0 Å². The van der Waals surface area contributed by atoms with Gasteiger partial charge in [-0.1, -0.05) is 83.5 Å². The fourth-order valence-electron chi connectivity index (χ4n) is 3.79. The summed E-state index contributed by atoms with van der Waals surface area (Å²) >= 11 is 0. The van der Waals surface area contributed by atoms with E-state index in [4.69, 9.17) is 0 Å². The van der Waals surface area contributed by atoms with Crippen molar-refractivity contribution in [2.75, 3.05) is 0 Å². The smallest absolute Gasteiger partial charge is 0.00550 e. The van der Waals surface area contributed by atoms with Crippen molar-refractivity contribution in [3.63, 3.8) is 0 Å². The Hall–Kier alpha value is -1.82. The Morgan fingerprint density at radius 3 is 1.88 bits per heavy atom. The van der Waals surface area contributed by atoms with Crippen molar-refractivity contribution in [1.82, 2.24) is 0 Å². The lowest BCUT2D eigenvalue weighted by molar-refractivity contribution is 0.754. The molecule has 1 aliphatic rings. The van der Waals surface area contributed by atoms with Gasteiger partial charge in [-0.15, -0.1) is 0 Å². The molecule has 0 saturated carbocycles. The zero-order valence-electron chi connectivity index (χ0n) is 16.9. The van der Waals surface area contributed by atoms with Crippen LogP contribution in [0.15, 0.2) is 35.9 Å². The highest BCUT2D eigenvalue weighted by Gasteiger charge is 2.21. The van der Waals surface area contributed by atoms with E-state index < -0.39 is 0 Å². The van der Waals surface area contributed by atoms with Gasteiger partial charge in [0.25, 0.3) is 0 Å². The van der Waals surface area contributed by atoms with Crippen LogP contribution < -0.4 is 0 Å². The molecule has 2 aromatic carbocycles. The highest BCUT2D eigenvalue weighted by molar-refractivity contribution is 5.83. The highest BCUT2D eigenvalue weighted by atomic mass is 14.2. The maximum Gasteiger partial charge on any atom is -0.00550 e. The third kappa shape index (κ3) is 3.45. The van der Waals surface area contributed by atoms with Gasteiger partial charge in [0.05, 0.1) is 0 Å². The third-order valence-corrected chi connectivity index (χ3v) is 5.61. The van der Waals surface area contributed by atoms with Crippen molar-refractivity contribution < 1.29 is 0 Å². The second-order valence-corrected chi connectivity index (χ2v) is 8.58. The zero-order chi connectivity index (χ0) is 18.3. The van der Waals surface area contributed by atoms with Crippen LogP contribution in [0, 0.1) is 12.8 Å². The SMILES string of the molecule is Cc1ccc2c(c1-c1cc(C(C)C)cc(C(C)C)c1)C=C(C(C)C)C2. The van der Waals surface area contributed by atoms with Crippen molar-refractivity contribution in [2.45, 2.75) is 66.7 Å². The molecule has 0 fully saturated rings. The van der Waals surface area contributed by atoms with Crippen molar-refractivity contribution in [3.05, 3.63) is 63.7 Å². The molecule has 0 nitrogen and oxygen atoms in total. The fourth-order valence-corrected chi connectivity index (χ4v) is 3.79. The molecule has 0 atom stereocenters. The van der Waals surface area contributed by atoms with Crippen LogP contribution in [0.2, 0.25) is 0 Å². The molecule has 0 N–H and O–H groups in total. The Labute approximate surface area is 154 Å². The molecule has 0 aromatic heterocycles. The Morgan fingerprint density at radius 2 is 1.36 bits per heavy atom. The van der Waals surface area contributed by atoms with Crippen molar-refractivity contribution in [3.8, 4) is 11.1 Å². The molecule has 0 radical (unpaired) electrons. The monoisotopic (exact) mass is 332 g/mol. The molecule has 0 bridgehead atoms. The van der Waals surface area contributed by atoms with Crippen LogP contribution in [0.1, 0.15) is 81.2 Å². The zero-order valence-corrected chi connectivity index (χ0v) is 16.9. The maximum atomic E-state index is 2.46. The molecule has 0 spiro atoms. The van der Waals surface area contributed by atoms with Gasteiger partial charge in [0.2, 0.25) is 0 Å². The predicted molar refractivity (Wildman–Crippen MR) is 111 cm³/mol. The second-order valence-electron chi connectivity index (χ2n) is 8.58. The topological polar surface area (TPSA) is 0 Å². The number of benzene rings is 2. The first-order valence-electron chi connectivity index (χ1n) is 9.76. The van der Waals surface area contributed by atoms with E-state index in [1.54, 1.807) is 5.57 Å². The number of hydrogen-bond donors (Lipinski definition) is 0. The van der Waals surface area contributed by atoms with E-state index >= 15 is 0 Å². The molecule has 0 aliphatic heterocycles. The second kappa shape index (κ2) is 6.83. The minimum absolute atomic E-state index is 0.552. The first kappa shape index (κ1) is 18.0. The fraction of sp³-hybridized carbons (Fsp3) is 0.440. The minimum atomic E-state index is 0.552. The summed E-state index contributed by atoms with van der Waals surface area (Å²) in [6.45, 7) is 16.0. The van der Waals surface area contributed by atoms with Gasteiger partial charge in [0, 0.05) is 0 Å². The van der Waals surface area contributed by atoms with E-state index in [1.807, 2.05) is 0 Å². The van der Waals surface area contributed by atoms with Crippen LogP contribution in [0.3, 0.4) is 0 Å². The van der Waals surface area contributed by atoms with Gasteiger partial charge in [0.15, 0.2) is 0 Å². The Kier molecular flexibility index (Phi) is 4.91. The van der Waals surface area contributed by atoms with Crippen molar-refractivity contribution in [2.24, 2.45) is 5.92 Å². The van der Waals surface area contributed by atoms with Crippen LogP contribution in [0.25, 0.3) is 17.2 Å². The summed E-state index contributed by atoms with van der Waals surface area (Å²) in [5.74, 6) is 1.72. The quantitative estimate of drug-likeness (QED) is 0.543. The lowest BCUT2D eigenvalue weighted by atomic mass is 9.87. The Balaban J connectivity index is 2.23. The average molecular weight is 333 g/mol. The number of fused-ring (bicyclic) bond motifs is 1.